The van der Waals surface area contributed by atoms with Crippen molar-refractivity contribution in [3.63, 3.8) is 0 Å². The minimum Gasteiger partial charge on any atom is -0.393 e. The lowest BCUT2D eigenvalue weighted by Gasteiger charge is -2.29. The number of carbonyl (C=O) groups is 1. The largest absolute Gasteiger partial charge is 0.393 e. The van der Waals surface area contributed by atoms with Gasteiger partial charge in [-0.2, -0.15) is 0 Å². The van der Waals surface area contributed by atoms with Gasteiger partial charge in [0, 0.05) is 26.1 Å². The lowest BCUT2D eigenvalue weighted by atomic mass is 9.97. The molecule has 2 N–H and O–H groups in total. The first-order chi connectivity index (χ1) is 9.74. The van der Waals surface area contributed by atoms with Crippen LogP contribution in [-0.4, -0.2) is 48.2 Å². The van der Waals surface area contributed by atoms with Crippen molar-refractivity contribution >= 4 is 5.91 Å². The van der Waals surface area contributed by atoms with Crippen LogP contribution in [0.4, 0.5) is 0 Å². The second-order valence-corrected chi connectivity index (χ2v) is 6.06. The van der Waals surface area contributed by atoms with Crippen molar-refractivity contribution < 1.29 is 9.90 Å². The second kappa shape index (κ2) is 8.42. The summed E-state index contributed by atoms with van der Waals surface area (Å²) >= 11 is 0. The van der Waals surface area contributed by atoms with E-state index >= 15 is 0 Å². The van der Waals surface area contributed by atoms with Crippen LogP contribution in [0.2, 0.25) is 0 Å². The summed E-state index contributed by atoms with van der Waals surface area (Å²) in [6, 6.07) is 0. The van der Waals surface area contributed by atoms with Gasteiger partial charge >= 0.3 is 0 Å². The Morgan fingerprint density at radius 1 is 1.35 bits per heavy atom. The number of hydrogen-bond donors (Lipinski definition) is 2. The summed E-state index contributed by atoms with van der Waals surface area (Å²) in [5.74, 6) is 0.173. The smallest absolute Gasteiger partial charge is 0.224 e. The van der Waals surface area contributed by atoms with Gasteiger partial charge in [-0.25, -0.2) is 0 Å². The van der Waals surface area contributed by atoms with Gasteiger partial charge in [-0.1, -0.05) is 11.6 Å². The van der Waals surface area contributed by atoms with Gasteiger partial charge in [0.2, 0.25) is 5.91 Å². The number of allylic oxidation sites excluding steroid dienone is 1. The fourth-order valence-corrected chi connectivity index (χ4v) is 3.01. The topological polar surface area (TPSA) is 52.6 Å². The molecule has 4 nitrogen and oxygen atoms in total. The highest BCUT2D eigenvalue weighted by Crippen LogP contribution is 2.19. The Morgan fingerprint density at radius 2 is 2.15 bits per heavy atom. The van der Waals surface area contributed by atoms with Crippen molar-refractivity contribution in [1.29, 1.82) is 0 Å². The van der Waals surface area contributed by atoms with Crippen molar-refractivity contribution in [2.24, 2.45) is 0 Å². The molecule has 0 atom stereocenters. The van der Waals surface area contributed by atoms with E-state index in [9.17, 15) is 9.90 Å². The van der Waals surface area contributed by atoms with Crippen LogP contribution in [0, 0.1) is 0 Å². The number of nitrogens with one attached hydrogen (secondary N) is 1. The van der Waals surface area contributed by atoms with Gasteiger partial charge in [0.15, 0.2) is 0 Å². The van der Waals surface area contributed by atoms with Crippen LogP contribution in [0.25, 0.3) is 0 Å². The summed E-state index contributed by atoms with van der Waals surface area (Å²) in [6.45, 7) is 3.77. The Morgan fingerprint density at radius 3 is 2.85 bits per heavy atom. The number of nitrogens with zero attached hydrogens (tertiary/aromatic N) is 1. The number of aliphatic hydroxyl groups is 1. The van der Waals surface area contributed by atoms with E-state index in [1.54, 1.807) is 0 Å². The molecule has 1 heterocycles. The lowest BCUT2D eigenvalue weighted by molar-refractivity contribution is -0.120. The molecule has 1 aliphatic heterocycles. The van der Waals surface area contributed by atoms with E-state index in [1.165, 1.54) is 18.4 Å². The molecule has 1 saturated heterocycles. The van der Waals surface area contributed by atoms with E-state index in [0.717, 1.165) is 58.3 Å². The van der Waals surface area contributed by atoms with E-state index in [0.29, 0.717) is 6.42 Å². The molecular weight excluding hydrogens is 252 g/mol. The second-order valence-electron chi connectivity index (χ2n) is 6.06. The fraction of sp³-hybridized carbons (Fsp3) is 0.812. The van der Waals surface area contributed by atoms with Crippen LogP contribution in [0.1, 0.15) is 51.4 Å². The van der Waals surface area contributed by atoms with Crippen molar-refractivity contribution in [3.8, 4) is 0 Å². The molecule has 0 saturated carbocycles. The zero-order valence-electron chi connectivity index (χ0n) is 12.4. The van der Waals surface area contributed by atoms with E-state index in [4.69, 9.17) is 0 Å². The molecule has 1 aliphatic carbocycles. The maximum atomic E-state index is 11.8. The number of aliphatic hydroxyl groups excluding tert-OH is 1. The van der Waals surface area contributed by atoms with E-state index < -0.39 is 0 Å². The van der Waals surface area contributed by atoms with Gasteiger partial charge in [-0.05, 0) is 51.5 Å². The molecule has 0 bridgehead atoms. The van der Waals surface area contributed by atoms with E-state index in [1.807, 2.05) is 0 Å². The third kappa shape index (κ3) is 5.63. The van der Waals surface area contributed by atoms with Crippen LogP contribution >= 0.6 is 0 Å². The average molecular weight is 280 g/mol. The maximum absolute atomic E-state index is 11.8. The molecule has 0 unspecified atom stereocenters. The van der Waals surface area contributed by atoms with Crippen LogP contribution in [0.3, 0.4) is 0 Å². The molecule has 0 radical (unpaired) electrons. The lowest BCUT2D eigenvalue weighted by Crippen LogP contribution is -2.37. The van der Waals surface area contributed by atoms with Crippen molar-refractivity contribution in [2.45, 2.75) is 57.5 Å². The molecule has 0 aromatic rings. The third-order valence-corrected chi connectivity index (χ3v) is 4.30. The number of hydrogen-bond acceptors (Lipinski definition) is 3. The molecule has 20 heavy (non-hydrogen) atoms. The van der Waals surface area contributed by atoms with Gasteiger partial charge in [0.1, 0.15) is 0 Å². The molecule has 0 aromatic heterocycles. The number of carbonyl (C=O) groups excluding carboxylic acids is 1. The summed E-state index contributed by atoms with van der Waals surface area (Å²) in [5, 5.41) is 12.5. The summed E-state index contributed by atoms with van der Waals surface area (Å²) in [4.78, 5) is 14.2. The zero-order chi connectivity index (χ0) is 14.2. The predicted molar refractivity (Wildman–Crippen MR) is 80.5 cm³/mol. The quantitative estimate of drug-likeness (QED) is 0.576. The van der Waals surface area contributed by atoms with Gasteiger partial charge in [-0.15, -0.1) is 0 Å². The Balaban J connectivity index is 1.52. The number of rotatable bonds is 6. The summed E-state index contributed by atoms with van der Waals surface area (Å²) in [7, 11) is 0. The van der Waals surface area contributed by atoms with Gasteiger partial charge in [-0.3, -0.25) is 4.79 Å². The molecule has 114 valence electrons. The van der Waals surface area contributed by atoms with Crippen LogP contribution < -0.4 is 5.32 Å². The highest BCUT2D eigenvalue weighted by molar-refractivity contribution is 5.78. The first-order valence-electron chi connectivity index (χ1n) is 8.09. The highest BCUT2D eigenvalue weighted by Gasteiger charge is 2.16. The highest BCUT2D eigenvalue weighted by atomic mass is 16.3. The van der Waals surface area contributed by atoms with Gasteiger partial charge < -0.3 is 15.3 Å². The normalized spacial score (nSPS) is 21.6. The number of piperidine rings is 1. The first-order valence-corrected chi connectivity index (χ1v) is 8.09. The summed E-state index contributed by atoms with van der Waals surface area (Å²) < 4.78 is 0. The van der Waals surface area contributed by atoms with E-state index in [2.05, 4.69) is 16.3 Å². The Hall–Kier alpha value is -0.870. The first kappa shape index (κ1) is 15.5. The fourth-order valence-electron chi connectivity index (χ4n) is 3.01. The molecule has 1 amide bonds. The Kier molecular flexibility index (Phi) is 6.54. The Labute approximate surface area is 122 Å². The summed E-state index contributed by atoms with van der Waals surface area (Å²) in [5.41, 5.74) is 1.32. The molecule has 0 aromatic carbocycles. The SMILES string of the molecule is O=C(CC1=CCCCC1)NCCCN1CCC(O)CC1. The Bertz CT molecular complexity index is 333. The van der Waals surface area contributed by atoms with Crippen molar-refractivity contribution in [2.75, 3.05) is 26.2 Å². The standard InChI is InChI=1S/C16H28N2O2/c19-15-7-11-18(12-8-15)10-4-9-17-16(20)13-14-5-2-1-3-6-14/h5,15,19H,1-4,6-13H2,(H,17,20). The maximum Gasteiger partial charge on any atom is 0.224 e. The summed E-state index contributed by atoms with van der Waals surface area (Å²) in [6.07, 6.45) is 10.3. The van der Waals surface area contributed by atoms with Crippen LogP contribution in [-0.2, 0) is 4.79 Å². The minimum absolute atomic E-state index is 0.102. The van der Waals surface area contributed by atoms with Gasteiger partial charge in [0.25, 0.3) is 0 Å². The molecule has 0 spiro atoms. The van der Waals surface area contributed by atoms with Gasteiger partial charge in [0.05, 0.1) is 6.10 Å². The van der Waals surface area contributed by atoms with Crippen LogP contribution in [0.5, 0.6) is 0 Å². The number of likely N-dealkylation sites (tertiary alicyclic amines) is 1. The third-order valence-electron chi connectivity index (χ3n) is 4.30. The molecule has 2 rings (SSSR count). The molecular formula is C16H28N2O2. The molecule has 2 aliphatic rings. The number of amides is 1. The zero-order valence-corrected chi connectivity index (χ0v) is 12.4. The van der Waals surface area contributed by atoms with E-state index in [-0.39, 0.29) is 12.0 Å². The van der Waals surface area contributed by atoms with Crippen molar-refractivity contribution in [1.82, 2.24) is 10.2 Å². The molecule has 4 heteroatoms. The van der Waals surface area contributed by atoms with Crippen LogP contribution in [0.15, 0.2) is 11.6 Å². The predicted octanol–water partition coefficient (Wildman–Crippen LogP) is 1.84. The minimum atomic E-state index is -0.102. The average Bonchev–Trinajstić information content (AvgIpc) is 2.46. The monoisotopic (exact) mass is 280 g/mol. The van der Waals surface area contributed by atoms with Crippen molar-refractivity contribution in [3.05, 3.63) is 11.6 Å². The molecule has 1 fully saturated rings.